The van der Waals surface area contributed by atoms with Crippen LogP contribution in [0.15, 0.2) is 12.1 Å². The highest BCUT2D eigenvalue weighted by Crippen LogP contribution is 2.29. The van der Waals surface area contributed by atoms with Crippen molar-refractivity contribution in [3.8, 4) is 0 Å². The van der Waals surface area contributed by atoms with Crippen LogP contribution in [-0.2, 0) is 25.8 Å². The van der Waals surface area contributed by atoms with Gasteiger partial charge in [-0.05, 0) is 44.2 Å². The first kappa shape index (κ1) is 14.5. The molecule has 0 unspecified atom stereocenters. The summed E-state index contributed by atoms with van der Waals surface area (Å²) in [6, 6.07) is 4.02. The highest BCUT2D eigenvalue weighted by Gasteiger charge is 2.16. The van der Waals surface area contributed by atoms with Crippen LogP contribution < -0.4 is 10.6 Å². The highest BCUT2D eigenvalue weighted by atomic mass is 32.1. The summed E-state index contributed by atoms with van der Waals surface area (Å²) in [7, 11) is 0. The van der Waals surface area contributed by atoms with Gasteiger partial charge in [0, 0.05) is 14.6 Å². The second-order valence-corrected chi connectivity index (χ2v) is 7.46. The summed E-state index contributed by atoms with van der Waals surface area (Å²) in [5.41, 5.74) is 1.17. The van der Waals surface area contributed by atoms with Gasteiger partial charge in [-0.25, -0.2) is 9.78 Å². The third-order valence-electron chi connectivity index (χ3n) is 3.56. The largest absolute Gasteiger partial charge is 0.333 e. The number of thiazole rings is 1. The quantitative estimate of drug-likeness (QED) is 0.895. The van der Waals surface area contributed by atoms with Crippen LogP contribution in [0.25, 0.3) is 0 Å². The molecule has 0 fully saturated rings. The molecule has 6 heteroatoms. The second kappa shape index (κ2) is 6.58. The Bertz CT molecular complexity index is 609. The molecule has 3 rings (SSSR count). The van der Waals surface area contributed by atoms with Crippen LogP contribution in [0.5, 0.6) is 0 Å². The summed E-state index contributed by atoms with van der Waals surface area (Å²) in [5.74, 6) is 0. The molecule has 1 aliphatic carbocycles. The summed E-state index contributed by atoms with van der Waals surface area (Å²) in [6.07, 6.45) is 5.64. The molecule has 0 aliphatic heterocycles. The molecule has 4 nitrogen and oxygen atoms in total. The number of hydrogen-bond donors (Lipinski definition) is 2. The molecule has 1 aliphatic rings. The number of anilines is 1. The van der Waals surface area contributed by atoms with Gasteiger partial charge < -0.3 is 5.32 Å². The van der Waals surface area contributed by atoms with Crippen molar-refractivity contribution < 1.29 is 4.79 Å². The van der Waals surface area contributed by atoms with Crippen molar-refractivity contribution in [3.63, 3.8) is 0 Å². The smallest absolute Gasteiger partial charge is 0.321 e. The van der Waals surface area contributed by atoms with Crippen LogP contribution in [0.2, 0.25) is 0 Å². The van der Waals surface area contributed by atoms with Crippen LogP contribution in [0.4, 0.5) is 9.93 Å². The number of rotatable bonds is 4. The van der Waals surface area contributed by atoms with E-state index in [-0.39, 0.29) is 6.03 Å². The lowest BCUT2D eigenvalue weighted by Gasteiger charge is -2.06. The van der Waals surface area contributed by atoms with Crippen LogP contribution in [0.1, 0.15) is 40.1 Å². The van der Waals surface area contributed by atoms with Gasteiger partial charge >= 0.3 is 6.03 Å². The van der Waals surface area contributed by atoms with Crippen molar-refractivity contribution in [2.45, 2.75) is 45.6 Å². The number of urea groups is 1. The van der Waals surface area contributed by atoms with Crippen molar-refractivity contribution in [1.29, 1.82) is 0 Å². The molecule has 0 atom stereocenters. The molecule has 2 aromatic rings. The van der Waals surface area contributed by atoms with Gasteiger partial charge in [-0.15, -0.1) is 22.7 Å². The number of carbonyl (C=O) groups excluding carboxylic acids is 1. The number of aryl methyl sites for hydroxylation is 3. The predicted molar refractivity (Wildman–Crippen MR) is 88.3 cm³/mol. The average Bonchev–Trinajstić information content (AvgIpc) is 3.10. The van der Waals surface area contributed by atoms with E-state index in [9.17, 15) is 4.79 Å². The van der Waals surface area contributed by atoms with Crippen molar-refractivity contribution in [1.82, 2.24) is 10.3 Å². The molecule has 21 heavy (non-hydrogen) atoms. The van der Waals surface area contributed by atoms with E-state index in [1.807, 2.05) is 0 Å². The Labute approximate surface area is 132 Å². The van der Waals surface area contributed by atoms with Crippen molar-refractivity contribution in [3.05, 3.63) is 32.5 Å². The Kier molecular flexibility index (Phi) is 4.55. The Morgan fingerprint density at radius 3 is 2.81 bits per heavy atom. The molecule has 0 saturated heterocycles. The van der Waals surface area contributed by atoms with Crippen LogP contribution in [0.3, 0.4) is 0 Å². The van der Waals surface area contributed by atoms with Crippen molar-refractivity contribution in [2.75, 3.05) is 5.32 Å². The normalized spacial score (nSPS) is 13.8. The van der Waals surface area contributed by atoms with E-state index in [0.717, 1.165) is 24.4 Å². The zero-order valence-corrected chi connectivity index (χ0v) is 13.7. The van der Waals surface area contributed by atoms with E-state index in [1.54, 1.807) is 22.7 Å². The predicted octanol–water partition coefficient (Wildman–Crippen LogP) is 3.97. The van der Waals surface area contributed by atoms with E-state index in [0.29, 0.717) is 6.54 Å². The number of hydrogen-bond acceptors (Lipinski definition) is 4. The van der Waals surface area contributed by atoms with Crippen LogP contribution >= 0.6 is 22.7 Å². The van der Waals surface area contributed by atoms with Gasteiger partial charge in [0.2, 0.25) is 0 Å². The maximum Gasteiger partial charge on any atom is 0.321 e. The third kappa shape index (κ3) is 3.63. The average molecular weight is 321 g/mol. The lowest BCUT2D eigenvalue weighted by atomic mass is 10.0. The molecule has 0 aromatic carbocycles. The lowest BCUT2D eigenvalue weighted by molar-refractivity contribution is 0.252. The Balaban J connectivity index is 1.53. The summed E-state index contributed by atoms with van der Waals surface area (Å²) < 4.78 is 0. The number of carbonyl (C=O) groups is 1. The summed E-state index contributed by atoms with van der Waals surface area (Å²) >= 11 is 3.36. The van der Waals surface area contributed by atoms with Gasteiger partial charge in [0.15, 0.2) is 5.13 Å². The molecule has 2 amide bonds. The first-order chi connectivity index (χ1) is 10.2. The minimum atomic E-state index is -0.174. The number of amides is 2. The molecule has 0 bridgehead atoms. The van der Waals surface area contributed by atoms with Gasteiger partial charge in [0.1, 0.15) is 0 Å². The minimum absolute atomic E-state index is 0.174. The SMILES string of the molecule is CCc1ccc(CNC(=O)Nc2nc3c(s2)CCCC3)s1. The number of thiophene rings is 1. The standard InChI is InChI=1S/C15H19N3OS2/c1-2-10-7-8-11(20-10)9-16-14(19)18-15-17-12-5-3-4-6-13(12)21-15/h7-8H,2-6,9H2,1H3,(H2,16,17,18,19). The van der Waals surface area contributed by atoms with E-state index in [4.69, 9.17) is 0 Å². The maximum absolute atomic E-state index is 11.9. The van der Waals surface area contributed by atoms with Gasteiger partial charge in [-0.1, -0.05) is 6.92 Å². The fraction of sp³-hybridized carbons (Fsp3) is 0.467. The van der Waals surface area contributed by atoms with Crippen LogP contribution in [0, 0.1) is 0 Å². The van der Waals surface area contributed by atoms with Gasteiger partial charge in [-0.3, -0.25) is 5.32 Å². The summed E-state index contributed by atoms with van der Waals surface area (Å²) in [6.45, 7) is 2.71. The molecule has 2 aromatic heterocycles. The summed E-state index contributed by atoms with van der Waals surface area (Å²) in [5, 5.41) is 6.47. The number of nitrogens with one attached hydrogen (secondary N) is 2. The molecule has 112 valence electrons. The molecule has 2 N–H and O–H groups in total. The number of aromatic nitrogens is 1. The molecule has 0 spiro atoms. The number of nitrogens with zero attached hydrogens (tertiary/aromatic N) is 1. The highest BCUT2D eigenvalue weighted by molar-refractivity contribution is 7.15. The fourth-order valence-electron chi connectivity index (χ4n) is 2.42. The minimum Gasteiger partial charge on any atom is -0.333 e. The Morgan fingerprint density at radius 1 is 1.24 bits per heavy atom. The first-order valence-corrected chi connectivity index (χ1v) is 8.99. The van der Waals surface area contributed by atoms with E-state index in [2.05, 4.69) is 34.7 Å². The maximum atomic E-state index is 11.9. The van der Waals surface area contributed by atoms with Gasteiger partial charge in [0.05, 0.1) is 12.2 Å². The first-order valence-electron chi connectivity index (χ1n) is 7.35. The Hall–Kier alpha value is -1.40. The van der Waals surface area contributed by atoms with E-state index in [1.165, 1.54) is 33.2 Å². The zero-order chi connectivity index (χ0) is 14.7. The van der Waals surface area contributed by atoms with E-state index < -0.39 is 0 Å². The molecular weight excluding hydrogens is 302 g/mol. The Morgan fingerprint density at radius 2 is 2.05 bits per heavy atom. The van der Waals surface area contributed by atoms with Crippen molar-refractivity contribution >= 4 is 33.8 Å². The molecule has 2 heterocycles. The van der Waals surface area contributed by atoms with E-state index >= 15 is 0 Å². The number of fused-ring (bicyclic) bond motifs is 1. The van der Waals surface area contributed by atoms with Crippen LogP contribution in [-0.4, -0.2) is 11.0 Å². The third-order valence-corrected chi connectivity index (χ3v) is 5.86. The topological polar surface area (TPSA) is 54.0 Å². The lowest BCUT2D eigenvalue weighted by Crippen LogP contribution is -2.27. The molecular formula is C15H19N3OS2. The van der Waals surface area contributed by atoms with Gasteiger partial charge in [-0.2, -0.15) is 0 Å². The monoisotopic (exact) mass is 321 g/mol. The molecule has 0 radical (unpaired) electrons. The zero-order valence-electron chi connectivity index (χ0n) is 12.1. The summed E-state index contributed by atoms with van der Waals surface area (Å²) in [4.78, 5) is 20.3. The fourth-order valence-corrected chi connectivity index (χ4v) is 4.36. The second-order valence-electron chi connectivity index (χ2n) is 5.13. The van der Waals surface area contributed by atoms with Gasteiger partial charge in [0.25, 0.3) is 0 Å². The van der Waals surface area contributed by atoms with Crippen molar-refractivity contribution in [2.24, 2.45) is 0 Å². The molecule has 0 saturated carbocycles.